The van der Waals surface area contributed by atoms with Crippen LogP contribution in [0.1, 0.15) is 24.0 Å². The highest BCUT2D eigenvalue weighted by atomic mass is 32.2. The van der Waals surface area contributed by atoms with Gasteiger partial charge in [-0.2, -0.15) is 0 Å². The first-order valence-electron chi connectivity index (χ1n) is 6.91. The molecule has 0 saturated carbocycles. The van der Waals surface area contributed by atoms with E-state index in [4.69, 9.17) is 18.0 Å². The first kappa shape index (κ1) is 16.4. The molecule has 1 aromatic carbocycles. The quantitative estimate of drug-likeness (QED) is 0.807. The summed E-state index contributed by atoms with van der Waals surface area (Å²) in [6, 6.07) is 5.01. The molecule has 1 fully saturated rings. The number of sulfonamides is 1. The molecule has 7 heteroatoms. The van der Waals surface area contributed by atoms with Crippen LogP contribution < -0.4 is 10.5 Å². The Labute approximate surface area is 131 Å². The number of nitrogens with zero attached hydrogens (tertiary/aromatic N) is 1. The second kappa shape index (κ2) is 6.39. The summed E-state index contributed by atoms with van der Waals surface area (Å²) in [4.78, 5) is 2.65. The van der Waals surface area contributed by atoms with E-state index in [1.54, 1.807) is 25.1 Å². The Morgan fingerprint density at radius 3 is 2.57 bits per heavy atom. The van der Waals surface area contributed by atoms with Crippen molar-refractivity contribution in [1.29, 1.82) is 0 Å². The molecule has 0 atom stereocenters. The predicted molar refractivity (Wildman–Crippen MR) is 87.9 cm³/mol. The third-order valence-corrected chi connectivity index (χ3v) is 5.70. The van der Waals surface area contributed by atoms with E-state index < -0.39 is 10.0 Å². The van der Waals surface area contributed by atoms with Crippen molar-refractivity contribution in [2.45, 2.75) is 30.7 Å². The molecule has 0 aromatic heterocycles. The largest absolute Gasteiger partial charge is 0.389 e. The van der Waals surface area contributed by atoms with Gasteiger partial charge in [0, 0.05) is 11.6 Å². The molecule has 0 unspecified atom stereocenters. The van der Waals surface area contributed by atoms with Gasteiger partial charge in [0.05, 0.1) is 4.90 Å². The molecule has 2 rings (SSSR count). The van der Waals surface area contributed by atoms with Crippen LogP contribution in [0.2, 0.25) is 0 Å². The van der Waals surface area contributed by atoms with E-state index >= 15 is 0 Å². The van der Waals surface area contributed by atoms with Gasteiger partial charge >= 0.3 is 0 Å². The van der Waals surface area contributed by atoms with Gasteiger partial charge in [0.2, 0.25) is 10.0 Å². The molecular formula is C14H21N3O2S2. The van der Waals surface area contributed by atoms with E-state index in [1.165, 1.54) is 0 Å². The molecule has 116 valence electrons. The van der Waals surface area contributed by atoms with Crippen molar-refractivity contribution in [3.63, 3.8) is 0 Å². The van der Waals surface area contributed by atoms with Gasteiger partial charge in [-0.15, -0.1) is 0 Å². The maximum Gasteiger partial charge on any atom is 0.241 e. The average Bonchev–Trinajstić information content (AvgIpc) is 2.41. The Hall–Kier alpha value is -1.02. The summed E-state index contributed by atoms with van der Waals surface area (Å²) in [7, 11) is -1.51. The standard InChI is InChI=1S/C14H21N3O2S2/c1-10-3-4-11(14(15)20)9-13(10)21(18,19)16-12-5-7-17(2)8-6-12/h3-4,9,12,16H,5-8H2,1-2H3,(H2,15,20). The van der Waals surface area contributed by atoms with Crippen LogP contribution in [-0.2, 0) is 10.0 Å². The van der Waals surface area contributed by atoms with Gasteiger partial charge in [0.15, 0.2) is 0 Å². The van der Waals surface area contributed by atoms with E-state index in [0.717, 1.165) is 25.9 Å². The van der Waals surface area contributed by atoms with Crippen molar-refractivity contribution in [3.8, 4) is 0 Å². The monoisotopic (exact) mass is 327 g/mol. The number of likely N-dealkylation sites (tertiary alicyclic amines) is 1. The number of rotatable bonds is 4. The fraction of sp³-hybridized carbons (Fsp3) is 0.500. The molecule has 1 aliphatic rings. The van der Waals surface area contributed by atoms with E-state index in [1.807, 2.05) is 7.05 Å². The van der Waals surface area contributed by atoms with Crippen LogP contribution in [-0.4, -0.2) is 44.5 Å². The van der Waals surface area contributed by atoms with Crippen molar-refractivity contribution in [2.24, 2.45) is 5.73 Å². The Kier molecular flexibility index (Phi) is 4.98. The van der Waals surface area contributed by atoms with Crippen LogP contribution >= 0.6 is 12.2 Å². The van der Waals surface area contributed by atoms with Gasteiger partial charge in [-0.05, 0) is 51.5 Å². The molecule has 1 heterocycles. The number of benzene rings is 1. The number of nitrogens with two attached hydrogens (primary N) is 1. The Morgan fingerprint density at radius 1 is 1.38 bits per heavy atom. The molecule has 3 N–H and O–H groups in total. The third kappa shape index (κ3) is 4.00. The number of hydrogen-bond donors (Lipinski definition) is 2. The van der Waals surface area contributed by atoms with Gasteiger partial charge in [-0.1, -0.05) is 24.4 Å². The summed E-state index contributed by atoms with van der Waals surface area (Å²) >= 11 is 4.92. The van der Waals surface area contributed by atoms with Crippen molar-refractivity contribution in [3.05, 3.63) is 29.3 Å². The Bertz CT molecular complexity index is 636. The van der Waals surface area contributed by atoms with Crippen molar-refractivity contribution in [2.75, 3.05) is 20.1 Å². The summed E-state index contributed by atoms with van der Waals surface area (Å²) in [5.74, 6) is 0. The Morgan fingerprint density at radius 2 is 2.00 bits per heavy atom. The maximum atomic E-state index is 12.6. The van der Waals surface area contributed by atoms with Crippen LogP contribution in [0.5, 0.6) is 0 Å². The Balaban J connectivity index is 2.23. The lowest BCUT2D eigenvalue weighted by atomic mass is 10.1. The second-order valence-corrected chi connectivity index (χ2v) is 7.67. The molecular weight excluding hydrogens is 306 g/mol. The van der Waals surface area contributed by atoms with Crippen molar-refractivity contribution < 1.29 is 8.42 Å². The molecule has 1 aliphatic heterocycles. The number of hydrogen-bond acceptors (Lipinski definition) is 4. The van der Waals surface area contributed by atoms with Gasteiger partial charge in [0.25, 0.3) is 0 Å². The topological polar surface area (TPSA) is 75.4 Å². The summed E-state index contributed by atoms with van der Waals surface area (Å²) in [5.41, 5.74) is 6.85. The minimum atomic E-state index is -3.55. The summed E-state index contributed by atoms with van der Waals surface area (Å²) in [6.07, 6.45) is 1.65. The van der Waals surface area contributed by atoms with Gasteiger partial charge < -0.3 is 10.6 Å². The van der Waals surface area contributed by atoms with Crippen LogP contribution in [0, 0.1) is 6.92 Å². The second-order valence-electron chi connectivity index (χ2n) is 5.54. The van der Waals surface area contributed by atoms with E-state index in [2.05, 4.69) is 9.62 Å². The average molecular weight is 327 g/mol. The summed E-state index contributed by atoms with van der Waals surface area (Å²) in [6.45, 7) is 3.57. The zero-order valence-corrected chi connectivity index (χ0v) is 13.9. The van der Waals surface area contributed by atoms with Crippen molar-refractivity contribution >= 4 is 27.2 Å². The van der Waals surface area contributed by atoms with Crippen LogP contribution in [0.3, 0.4) is 0 Å². The number of aryl methyl sites for hydroxylation is 1. The van der Waals surface area contributed by atoms with Gasteiger partial charge in [0.1, 0.15) is 4.99 Å². The zero-order chi connectivity index (χ0) is 15.6. The number of piperidine rings is 1. The van der Waals surface area contributed by atoms with E-state index in [-0.39, 0.29) is 15.9 Å². The van der Waals surface area contributed by atoms with E-state index in [9.17, 15) is 8.42 Å². The predicted octanol–water partition coefficient (Wildman–Crippen LogP) is 1.00. The fourth-order valence-corrected chi connectivity index (χ4v) is 4.15. The zero-order valence-electron chi connectivity index (χ0n) is 12.3. The molecule has 0 spiro atoms. The lowest BCUT2D eigenvalue weighted by Crippen LogP contribution is -2.43. The van der Waals surface area contributed by atoms with Gasteiger partial charge in [-0.25, -0.2) is 13.1 Å². The lowest BCUT2D eigenvalue weighted by molar-refractivity contribution is 0.248. The molecule has 0 bridgehead atoms. The first-order chi connectivity index (χ1) is 9.79. The van der Waals surface area contributed by atoms with Crippen LogP contribution in [0.15, 0.2) is 23.1 Å². The minimum Gasteiger partial charge on any atom is -0.389 e. The molecule has 21 heavy (non-hydrogen) atoms. The van der Waals surface area contributed by atoms with E-state index in [0.29, 0.717) is 11.1 Å². The highest BCUT2D eigenvalue weighted by molar-refractivity contribution is 7.89. The minimum absolute atomic E-state index is 0.0147. The SMILES string of the molecule is Cc1ccc(C(N)=S)cc1S(=O)(=O)NC1CCN(C)CC1. The normalized spacial score (nSPS) is 17.8. The summed E-state index contributed by atoms with van der Waals surface area (Å²) < 4.78 is 27.9. The van der Waals surface area contributed by atoms with Crippen LogP contribution in [0.4, 0.5) is 0 Å². The van der Waals surface area contributed by atoms with Crippen molar-refractivity contribution in [1.82, 2.24) is 9.62 Å². The summed E-state index contributed by atoms with van der Waals surface area (Å²) in [5, 5.41) is 0. The van der Waals surface area contributed by atoms with Gasteiger partial charge in [-0.3, -0.25) is 0 Å². The highest BCUT2D eigenvalue weighted by Gasteiger charge is 2.24. The smallest absolute Gasteiger partial charge is 0.241 e. The molecule has 0 amide bonds. The first-order valence-corrected chi connectivity index (χ1v) is 8.80. The molecule has 0 aliphatic carbocycles. The van der Waals surface area contributed by atoms with Crippen LogP contribution in [0.25, 0.3) is 0 Å². The fourth-order valence-electron chi connectivity index (χ4n) is 2.45. The number of nitrogens with one attached hydrogen (secondary N) is 1. The molecule has 5 nitrogen and oxygen atoms in total. The molecule has 1 aromatic rings. The maximum absolute atomic E-state index is 12.6. The lowest BCUT2D eigenvalue weighted by Gasteiger charge is -2.29. The number of thiocarbonyl (C=S) groups is 1. The molecule has 1 saturated heterocycles. The highest BCUT2D eigenvalue weighted by Crippen LogP contribution is 2.19. The molecule has 0 radical (unpaired) electrons. The third-order valence-electron chi connectivity index (χ3n) is 3.80.